The van der Waals surface area contributed by atoms with Gasteiger partial charge in [-0.25, -0.2) is 4.79 Å². The maximum atomic E-state index is 11.9. The average Bonchev–Trinajstić information content (AvgIpc) is 2.51. The molecule has 0 bridgehead atoms. The number of rotatable bonds is 15. The molecule has 1 atom stereocenters. The van der Waals surface area contributed by atoms with E-state index in [1.165, 1.54) is 39.0 Å². The van der Waals surface area contributed by atoms with Gasteiger partial charge in [0.05, 0.1) is 20.2 Å². The van der Waals surface area contributed by atoms with E-state index >= 15 is 0 Å². The number of quaternary nitrogens is 1. The first kappa shape index (κ1) is 23.9. The molecule has 1 unspecified atom stereocenters. The molecule has 0 rings (SSSR count). The van der Waals surface area contributed by atoms with E-state index in [2.05, 4.69) is 6.92 Å². The summed E-state index contributed by atoms with van der Waals surface area (Å²) >= 11 is 0. The van der Waals surface area contributed by atoms with Gasteiger partial charge in [0, 0.05) is 6.92 Å². The quantitative estimate of drug-likeness (QED) is 0.276. The van der Waals surface area contributed by atoms with E-state index in [-0.39, 0.29) is 31.7 Å². The largest absolute Gasteiger partial charge is 0.460 e. The zero-order chi connectivity index (χ0) is 19.1. The molecule has 0 aromatic carbocycles. The molecule has 6 heteroatoms. The smallest absolute Gasteiger partial charge is 0.361 e. The molecule has 6 nitrogen and oxygen atoms in total. The Bertz CT molecular complexity index is 371. The normalized spacial score (nSPS) is 12.7. The van der Waals surface area contributed by atoms with Gasteiger partial charge < -0.3 is 19.1 Å². The molecule has 0 spiro atoms. The average molecular weight is 361 g/mol. The number of hydrogen-bond donors (Lipinski definition) is 1. The Hall–Kier alpha value is -1.14. The highest BCUT2D eigenvalue weighted by atomic mass is 16.5. The molecule has 0 radical (unpaired) electrons. The molecule has 0 fully saturated rings. The van der Waals surface area contributed by atoms with Gasteiger partial charge in [-0.3, -0.25) is 4.79 Å². The lowest BCUT2D eigenvalue weighted by molar-refractivity contribution is -0.883. The molecular weight excluding hydrogens is 322 g/mol. The molecule has 0 aliphatic rings. The van der Waals surface area contributed by atoms with Crippen molar-refractivity contribution in [3.05, 3.63) is 0 Å². The fourth-order valence-corrected chi connectivity index (χ4v) is 2.52. The van der Waals surface area contributed by atoms with Crippen LogP contribution in [0.15, 0.2) is 0 Å². The first-order chi connectivity index (χ1) is 11.8. The molecule has 0 heterocycles. The van der Waals surface area contributed by atoms with Crippen LogP contribution in [0.1, 0.15) is 65.2 Å². The highest BCUT2D eigenvalue weighted by molar-refractivity contribution is 5.70. The van der Waals surface area contributed by atoms with Crippen LogP contribution in [0.25, 0.3) is 0 Å². The molecule has 0 saturated heterocycles. The maximum Gasteiger partial charge on any atom is 0.361 e. The topological polar surface area (TPSA) is 72.8 Å². The number of aliphatic hydroxyl groups is 1. The van der Waals surface area contributed by atoms with E-state index in [1.54, 1.807) is 0 Å². The lowest BCUT2D eigenvalue weighted by atomic mass is 10.1. The van der Waals surface area contributed by atoms with Gasteiger partial charge in [0.2, 0.25) is 0 Å². The van der Waals surface area contributed by atoms with E-state index in [4.69, 9.17) is 9.47 Å². The van der Waals surface area contributed by atoms with Gasteiger partial charge in [-0.05, 0) is 6.42 Å². The predicted octanol–water partition coefficient (Wildman–Crippen LogP) is 2.67. The second-order valence-electron chi connectivity index (χ2n) is 7.40. The summed E-state index contributed by atoms with van der Waals surface area (Å²) in [7, 11) is 3.75. The van der Waals surface area contributed by atoms with Gasteiger partial charge in [0.1, 0.15) is 19.8 Å². The third-order valence-corrected chi connectivity index (χ3v) is 4.14. The zero-order valence-corrected chi connectivity index (χ0v) is 16.6. The molecule has 0 aromatic rings. The molecule has 0 aliphatic carbocycles. The number of ether oxygens (including phenoxy) is 2. The Balaban J connectivity index is 3.73. The summed E-state index contributed by atoms with van der Waals surface area (Å²) < 4.78 is 10.4. The van der Waals surface area contributed by atoms with Gasteiger partial charge in [-0.15, -0.1) is 0 Å². The highest BCUT2D eigenvalue weighted by Gasteiger charge is 2.22. The number of aliphatic hydroxyl groups excluding tert-OH is 1. The van der Waals surface area contributed by atoms with E-state index in [0.29, 0.717) is 17.4 Å². The number of hydrogen-bond acceptors (Lipinski definition) is 5. The molecule has 1 N–H and O–H groups in total. The first-order valence-electron chi connectivity index (χ1n) is 9.56. The maximum absolute atomic E-state index is 11.9. The Morgan fingerprint density at radius 1 is 1.00 bits per heavy atom. The summed E-state index contributed by atoms with van der Waals surface area (Å²) in [4.78, 5) is 22.6. The van der Waals surface area contributed by atoms with E-state index in [1.807, 2.05) is 14.1 Å². The van der Waals surface area contributed by atoms with Crippen molar-refractivity contribution in [2.24, 2.45) is 0 Å². The number of unbranched alkanes of at least 4 members (excludes halogenated alkanes) is 6. The fourth-order valence-electron chi connectivity index (χ4n) is 2.52. The summed E-state index contributed by atoms with van der Waals surface area (Å²) in [5.41, 5.74) is 0. The molecule has 148 valence electrons. The third-order valence-electron chi connectivity index (χ3n) is 4.14. The lowest BCUT2D eigenvalue weighted by Crippen LogP contribution is -2.47. The third kappa shape index (κ3) is 16.1. The Morgan fingerprint density at radius 3 is 2.20 bits per heavy atom. The second-order valence-corrected chi connectivity index (χ2v) is 7.40. The number of carbonyl (C=O) groups is 2. The van der Waals surface area contributed by atoms with Crippen LogP contribution in [0.2, 0.25) is 0 Å². The minimum Gasteiger partial charge on any atom is -0.460 e. The van der Waals surface area contributed by atoms with Crippen LogP contribution in [-0.4, -0.2) is 68.0 Å². The van der Waals surface area contributed by atoms with Crippen LogP contribution in [0.4, 0.5) is 0 Å². The fraction of sp³-hybridized carbons (Fsp3) is 0.895. The van der Waals surface area contributed by atoms with Crippen LogP contribution < -0.4 is 0 Å². The van der Waals surface area contributed by atoms with Crippen molar-refractivity contribution in [2.75, 3.05) is 40.4 Å². The molecule has 0 aliphatic heterocycles. The summed E-state index contributed by atoms with van der Waals surface area (Å²) in [5, 5.41) is 9.90. The number of likely N-dealkylation sites (N-methyl/N-ethyl adjacent to an activating group) is 1. The van der Waals surface area contributed by atoms with Gasteiger partial charge in [0.15, 0.2) is 6.54 Å². The predicted molar refractivity (Wildman–Crippen MR) is 98.1 cm³/mol. The molecule has 0 saturated carbocycles. The van der Waals surface area contributed by atoms with Crippen molar-refractivity contribution < 1.29 is 28.7 Å². The van der Waals surface area contributed by atoms with Crippen molar-refractivity contribution in [3.8, 4) is 0 Å². The van der Waals surface area contributed by atoms with Crippen LogP contribution in [-0.2, 0) is 19.1 Å². The Kier molecular flexibility index (Phi) is 13.4. The molecule has 0 amide bonds. The summed E-state index contributed by atoms with van der Waals surface area (Å²) in [5.74, 6) is -0.664. The lowest BCUT2D eigenvalue weighted by Gasteiger charge is -2.28. The highest BCUT2D eigenvalue weighted by Crippen LogP contribution is 2.10. The van der Waals surface area contributed by atoms with Crippen molar-refractivity contribution in [2.45, 2.75) is 71.3 Å². The molecule has 0 aromatic heterocycles. The second kappa shape index (κ2) is 14.1. The van der Waals surface area contributed by atoms with Gasteiger partial charge >= 0.3 is 11.9 Å². The van der Waals surface area contributed by atoms with Gasteiger partial charge in [-0.2, -0.15) is 0 Å². The van der Waals surface area contributed by atoms with Gasteiger partial charge in [0.25, 0.3) is 0 Å². The van der Waals surface area contributed by atoms with Crippen LogP contribution in [0, 0.1) is 0 Å². The van der Waals surface area contributed by atoms with Crippen LogP contribution in [0.5, 0.6) is 0 Å². The van der Waals surface area contributed by atoms with Crippen molar-refractivity contribution in [3.63, 3.8) is 0 Å². The summed E-state index contributed by atoms with van der Waals surface area (Å²) in [6, 6.07) is 0. The van der Waals surface area contributed by atoms with E-state index in [9.17, 15) is 14.7 Å². The van der Waals surface area contributed by atoms with Crippen molar-refractivity contribution in [1.82, 2.24) is 0 Å². The number of esters is 2. The Labute approximate surface area is 153 Å². The molecule has 25 heavy (non-hydrogen) atoms. The standard InChI is InChI=1S/C19H38NO5/c1-5-6-7-8-9-10-11-12-18(22)16-25-19(23)15-20(3,4)13-14-24-17(2)21/h18,22H,5-16H2,1-4H3/q+1. The zero-order valence-electron chi connectivity index (χ0n) is 16.6. The monoisotopic (exact) mass is 360 g/mol. The van der Waals surface area contributed by atoms with Crippen LogP contribution in [0.3, 0.4) is 0 Å². The van der Waals surface area contributed by atoms with Crippen LogP contribution >= 0.6 is 0 Å². The van der Waals surface area contributed by atoms with Crippen molar-refractivity contribution >= 4 is 11.9 Å². The number of nitrogens with zero attached hydrogens (tertiary/aromatic N) is 1. The SMILES string of the molecule is CCCCCCCCCC(O)COC(=O)C[N+](C)(C)CCOC(C)=O. The number of carbonyl (C=O) groups excluding carboxylic acids is 2. The summed E-state index contributed by atoms with van der Waals surface area (Å²) in [6.45, 7) is 4.62. The van der Waals surface area contributed by atoms with Crippen molar-refractivity contribution in [1.29, 1.82) is 0 Å². The first-order valence-corrected chi connectivity index (χ1v) is 9.56. The minimum absolute atomic E-state index is 0.0542. The van der Waals surface area contributed by atoms with Gasteiger partial charge in [-0.1, -0.05) is 51.9 Å². The van der Waals surface area contributed by atoms with E-state index in [0.717, 1.165) is 12.8 Å². The summed E-state index contributed by atoms with van der Waals surface area (Å²) in [6.07, 6.45) is 8.49. The Morgan fingerprint density at radius 2 is 1.60 bits per heavy atom. The minimum atomic E-state index is -0.587. The molecular formula is C19H38NO5+. The van der Waals surface area contributed by atoms with E-state index < -0.39 is 6.10 Å².